The Morgan fingerprint density at radius 3 is 2.55 bits per heavy atom. The number of thioether (sulfide) groups is 1. The van der Waals surface area contributed by atoms with Crippen LogP contribution in [0.2, 0.25) is 5.02 Å². The van der Waals surface area contributed by atoms with E-state index in [0.717, 1.165) is 48.5 Å². The van der Waals surface area contributed by atoms with E-state index in [9.17, 15) is 9.90 Å². The van der Waals surface area contributed by atoms with Crippen molar-refractivity contribution in [1.82, 2.24) is 0 Å². The highest BCUT2D eigenvalue weighted by Gasteiger charge is 2.51. The van der Waals surface area contributed by atoms with Gasteiger partial charge in [0.2, 0.25) is 0 Å². The predicted octanol–water partition coefficient (Wildman–Crippen LogP) is 5.69. The Morgan fingerprint density at radius 2 is 1.90 bits per heavy atom. The highest BCUT2D eigenvalue weighted by Crippen LogP contribution is 2.46. The number of para-hydroxylation sites is 1. The second-order valence-electron chi connectivity index (χ2n) is 7.35. The zero-order valence-electron chi connectivity index (χ0n) is 16.1. The molecule has 1 saturated carbocycles. The summed E-state index contributed by atoms with van der Waals surface area (Å²) in [6.07, 6.45) is 4.06. The molecule has 0 amide bonds. The average molecular weight is 428 g/mol. The third-order valence-corrected chi connectivity index (χ3v) is 6.59. The first-order valence-corrected chi connectivity index (χ1v) is 11.0. The van der Waals surface area contributed by atoms with Gasteiger partial charge < -0.3 is 10.0 Å². The van der Waals surface area contributed by atoms with Crippen molar-refractivity contribution in [1.29, 1.82) is 0 Å². The van der Waals surface area contributed by atoms with E-state index in [-0.39, 0.29) is 11.3 Å². The number of aliphatic imine (C=N–C) groups is 2. The molecule has 0 atom stereocenters. The number of carboxylic acid groups (broad SMARTS) is 1. The van der Waals surface area contributed by atoms with E-state index >= 15 is 0 Å². The van der Waals surface area contributed by atoms with E-state index < -0.39 is 5.97 Å². The Morgan fingerprint density at radius 1 is 1.21 bits per heavy atom. The largest absolute Gasteiger partial charge is 0.481 e. The molecular weight excluding hydrogens is 406 g/mol. The molecule has 1 aliphatic heterocycles. The van der Waals surface area contributed by atoms with Gasteiger partial charge in [-0.2, -0.15) is 0 Å². The van der Waals surface area contributed by atoms with Gasteiger partial charge in [-0.1, -0.05) is 54.4 Å². The van der Waals surface area contributed by atoms with E-state index in [0.29, 0.717) is 10.2 Å². The van der Waals surface area contributed by atoms with Gasteiger partial charge in [0, 0.05) is 10.7 Å². The molecule has 0 radical (unpaired) electrons. The monoisotopic (exact) mass is 427 g/mol. The fraction of sp³-hybridized carbons (Fsp3) is 0.318. The number of halogens is 1. The molecule has 1 fully saturated rings. The van der Waals surface area contributed by atoms with Crippen molar-refractivity contribution in [2.45, 2.75) is 38.1 Å². The van der Waals surface area contributed by atoms with Gasteiger partial charge in [-0.25, -0.2) is 9.98 Å². The molecule has 0 aromatic heterocycles. The molecule has 7 heteroatoms. The van der Waals surface area contributed by atoms with Crippen molar-refractivity contribution < 1.29 is 9.90 Å². The average Bonchev–Trinajstić information content (AvgIpc) is 3.29. The molecule has 0 saturated heterocycles. The lowest BCUT2D eigenvalue weighted by Gasteiger charge is -2.37. The number of hydrogen-bond acceptors (Lipinski definition) is 4. The smallest absolute Gasteiger partial charge is 0.313 e. The van der Waals surface area contributed by atoms with Gasteiger partial charge in [0.1, 0.15) is 5.54 Å². The maximum Gasteiger partial charge on any atom is 0.313 e. The van der Waals surface area contributed by atoms with Crippen LogP contribution in [0, 0.1) is 6.92 Å². The molecule has 150 valence electrons. The minimum Gasteiger partial charge on any atom is -0.481 e. The van der Waals surface area contributed by atoms with Crippen LogP contribution in [0.4, 0.5) is 11.4 Å². The number of carbonyl (C=O) groups is 1. The van der Waals surface area contributed by atoms with Crippen molar-refractivity contribution in [3.63, 3.8) is 0 Å². The molecule has 2 aromatic rings. The van der Waals surface area contributed by atoms with Gasteiger partial charge in [0.15, 0.2) is 11.0 Å². The van der Waals surface area contributed by atoms with Crippen molar-refractivity contribution in [3.8, 4) is 0 Å². The standard InChI is InChI=1S/C22H22ClN3O2S/c1-15-6-2-3-7-18(15)26-21(29-14-19(27)28)25-20(22(26)12-4-5-13-22)24-17-10-8-16(23)9-11-17/h2-3,6-11H,4-5,12-14H2,1H3,(H,27,28). The van der Waals surface area contributed by atoms with Crippen LogP contribution >= 0.6 is 23.4 Å². The lowest BCUT2D eigenvalue weighted by Crippen LogP contribution is -2.49. The van der Waals surface area contributed by atoms with Crippen molar-refractivity contribution in [2.24, 2.45) is 9.98 Å². The molecule has 0 unspecified atom stereocenters. The quantitative estimate of drug-likeness (QED) is 0.681. The highest BCUT2D eigenvalue weighted by molar-refractivity contribution is 8.14. The van der Waals surface area contributed by atoms with E-state index in [1.54, 1.807) is 0 Å². The van der Waals surface area contributed by atoms with Gasteiger partial charge in [-0.3, -0.25) is 4.79 Å². The number of nitrogens with zero attached hydrogens (tertiary/aromatic N) is 3. The molecule has 29 heavy (non-hydrogen) atoms. The summed E-state index contributed by atoms with van der Waals surface area (Å²) in [7, 11) is 0. The first kappa shape index (κ1) is 20.0. The number of amidine groups is 2. The molecule has 2 aromatic carbocycles. The highest BCUT2D eigenvalue weighted by atomic mass is 35.5. The van der Waals surface area contributed by atoms with Gasteiger partial charge in [-0.05, 0) is 55.7 Å². The van der Waals surface area contributed by atoms with Gasteiger partial charge in [-0.15, -0.1) is 0 Å². The van der Waals surface area contributed by atoms with Crippen molar-refractivity contribution in [2.75, 3.05) is 10.7 Å². The zero-order chi connectivity index (χ0) is 20.4. The Balaban J connectivity index is 1.83. The maximum atomic E-state index is 11.2. The Kier molecular flexibility index (Phi) is 5.65. The number of aliphatic carboxylic acids is 1. The molecule has 1 heterocycles. The van der Waals surface area contributed by atoms with Gasteiger partial charge in [0.25, 0.3) is 0 Å². The number of carboxylic acids is 1. The fourth-order valence-corrected chi connectivity index (χ4v) is 5.00. The van der Waals surface area contributed by atoms with Crippen LogP contribution < -0.4 is 4.90 Å². The van der Waals surface area contributed by atoms with Crippen LogP contribution in [0.15, 0.2) is 58.5 Å². The van der Waals surface area contributed by atoms with E-state index in [2.05, 4.69) is 24.0 Å². The first-order chi connectivity index (χ1) is 14.0. The molecule has 5 nitrogen and oxygen atoms in total. The summed E-state index contributed by atoms with van der Waals surface area (Å²) >= 11 is 7.28. The summed E-state index contributed by atoms with van der Waals surface area (Å²) in [5.41, 5.74) is 2.66. The molecule has 0 bridgehead atoms. The summed E-state index contributed by atoms with van der Waals surface area (Å²) in [6.45, 7) is 2.08. The first-order valence-electron chi connectivity index (χ1n) is 9.63. The Labute approximate surface area is 179 Å². The van der Waals surface area contributed by atoms with Crippen LogP contribution in [0.3, 0.4) is 0 Å². The maximum absolute atomic E-state index is 11.2. The number of benzene rings is 2. The predicted molar refractivity (Wildman–Crippen MR) is 121 cm³/mol. The SMILES string of the molecule is Cc1ccccc1N1C(SCC(=O)O)=NC(=Nc2ccc(Cl)cc2)C12CCCC2. The van der Waals surface area contributed by atoms with Crippen molar-refractivity contribution >= 4 is 51.7 Å². The molecule has 1 N–H and O–H groups in total. The fourth-order valence-electron chi connectivity index (χ4n) is 4.07. The minimum atomic E-state index is -0.856. The second kappa shape index (κ2) is 8.20. The molecular formula is C22H22ClN3O2S. The zero-order valence-corrected chi connectivity index (χ0v) is 17.7. The third kappa shape index (κ3) is 3.91. The molecule has 1 spiro atoms. The molecule has 2 aliphatic rings. The van der Waals surface area contributed by atoms with Crippen LogP contribution in [0.25, 0.3) is 0 Å². The summed E-state index contributed by atoms with van der Waals surface area (Å²) in [4.78, 5) is 23.2. The van der Waals surface area contributed by atoms with Crippen LogP contribution in [0.1, 0.15) is 31.2 Å². The summed E-state index contributed by atoms with van der Waals surface area (Å²) in [5, 5.41) is 10.6. The number of aryl methyl sites for hydroxylation is 1. The summed E-state index contributed by atoms with van der Waals surface area (Å²) in [5.74, 6) is -0.134. The lowest BCUT2D eigenvalue weighted by atomic mass is 9.93. The Hall–Kier alpha value is -2.31. The second-order valence-corrected chi connectivity index (χ2v) is 8.73. The van der Waals surface area contributed by atoms with Gasteiger partial charge in [0.05, 0.1) is 11.4 Å². The number of rotatable bonds is 4. The third-order valence-electron chi connectivity index (χ3n) is 5.41. The van der Waals surface area contributed by atoms with E-state index in [1.807, 2.05) is 36.4 Å². The van der Waals surface area contributed by atoms with E-state index in [1.165, 1.54) is 11.8 Å². The van der Waals surface area contributed by atoms with Crippen LogP contribution in [-0.4, -0.2) is 33.4 Å². The summed E-state index contributed by atoms with van der Waals surface area (Å²) in [6, 6.07) is 15.6. The summed E-state index contributed by atoms with van der Waals surface area (Å²) < 4.78 is 0. The molecule has 4 rings (SSSR count). The van der Waals surface area contributed by atoms with E-state index in [4.69, 9.17) is 21.6 Å². The molecule has 1 aliphatic carbocycles. The van der Waals surface area contributed by atoms with Crippen LogP contribution in [-0.2, 0) is 4.79 Å². The number of hydrogen-bond donors (Lipinski definition) is 1. The normalized spacial score (nSPS) is 19.2. The van der Waals surface area contributed by atoms with Crippen molar-refractivity contribution in [3.05, 3.63) is 59.1 Å². The van der Waals surface area contributed by atoms with Gasteiger partial charge >= 0.3 is 5.97 Å². The van der Waals surface area contributed by atoms with Crippen LogP contribution in [0.5, 0.6) is 0 Å². The number of anilines is 1. The minimum absolute atomic E-state index is 0.0362. The Bertz CT molecular complexity index is 982. The topological polar surface area (TPSA) is 65.3 Å². The lowest BCUT2D eigenvalue weighted by molar-refractivity contribution is -0.133.